The van der Waals surface area contributed by atoms with Crippen LogP contribution in [0.25, 0.3) is 0 Å². The summed E-state index contributed by atoms with van der Waals surface area (Å²) in [5, 5.41) is 0. The van der Waals surface area contributed by atoms with E-state index in [9.17, 15) is 16.8 Å². The van der Waals surface area contributed by atoms with Crippen molar-refractivity contribution in [3.8, 4) is 0 Å². The van der Waals surface area contributed by atoms with Crippen LogP contribution in [0.4, 0.5) is 0 Å². The summed E-state index contributed by atoms with van der Waals surface area (Å²) < 4.78 is 59.3. The average molecular weight is 237 g/mol. The number of hydrogen-bond acceptors (Lipinski definition) is 4. The van der Waals surface area contributed by atoms with Gasteiger partial charge in [0.15, 0.2) is 0 Å². The standard InChI is InChI=1S/C6H5O6S2/c7-13(8,9)5-2-1-3-6(4-5)14(10,11)12/h1-3H,(H,7,8,9)(H,10,11,12). The molecule has 0 fully saturated rings. The Kier molecular flexibility index (Phi) is 2.63. The molecule has 0 saturated heterocycles. The van der Waals surface area contributed by atoms with Crippen molar-refractivity contribution in [3.63, 3.8) is 0 Å². The van der Waals surface area contributed by atoms with E-state index in [2.05, 4.69) is 0 Å². The SMILES string of the molecule is O=S(=O)(O)c1[c]c(S(=O)(=O)O)ccc1. The lowest BCUT2D eigenvalue weighted by Gasteiger charge is -1.98. The summed E-state index contributed by atoms with van der Waals surface area (Å²) in [5.74, 6) is 0. The lowest BCUT2D eigenvalue weighted by atomic mass is 10.4. The Morgan fingerprint density at radius 2 is 1.29 bits per heavy atom. The Morgan fingerprint density at radius 1 is 0.929 bits per heavy atom. The first-order valence-electron chi connectivity index (χ1n) is 3.18. The Labute approximate surface area is 80.7 Å². The fourth-order valence-corrected chi connectivity index (χ4v) is 1.77. The highest BCUT2D eigenvalue weighted by atomic mass is 32.2. The molecule has 2 N–H and O–H groups in total. The van der Waals surface area contributed by atoms with Gasteiger partial charge in [0.25, 0.3) is 20.2 Å². The summed E-state index contributed by atoms with van der Waals surface area (Å²) in [7, 11) is -9.03. The van der Waals surface area contributed by atoms with Gasteiger partial charge in [-0.05, 0) is 12.1 Å². The minimum Gasteiger partial charge on any atom is -0.282 e. The molecule has 0 atom stereocenters. The van der Waals surface area contributed by atoms with Gasteiger partial charge in [0.1, 0.15) is 9.79 Å². The zero-order valence-corrected chi connectivity index (χ0v) is 8.21. The number of benzene rings is 1. The van der Waals surface area contributed by atoms with Gasteiger partial charge in [-0.3, -0.25) is 9.11 Å². The van der Waals surface area contributed by atoms with E-state index in [0.717, 1.165) is 18.2 Å². The van der Waals surface area contributed by atoms with Crippen LogP contribution in [0, 0.1) is 6.07 Å². The summed E-state index contributed by atoms with van der Waals surface area (Å²) in [4.78, 5) is -1.43. The van der Waals surface area contributed by atoms with Gasteiger partial charge < -0.3 is 0 Å². The summed E-state index contributed by atoms with van der Waals surface area (Å²) in [5.41, 5.74) is 0. The molecule has 0 bridgehead atoms. The second-order valence-electron chi connectivity index (χ2n) is 2.33. The quantitative estimate of drug-likeness (QED) is 0.700. The van der Waals surface area contributed by atoms with Gasteiger partial charge in [0.2, 0.25) is 0 Å². The van der Waals surface area contributed by atoms with Crippen LogP contribution in [0.15, 0.2) is 28.0 Å². The topological polar surface area (TPSA) is 109 Å². The third-order valence-electron chi connectivity index (χ3n) is 1.30. The molecule has 0 amide bonds. The Balaban J connectivity index is 3.44. The third kappa shape index (κ3) is 2.51. The molecule has 1 aromatic carbocycles. The van der Waals surface area contributed by atoms with Crippen molar-refractivity contribution in [1.82, 2.24) is 0 Å². The van der Waals surface area contributed by atoms with Crippen LogP contribution in [0.2, 0.25) is 0 Å². The maximum Gasteiger partial charge on any atom is 0.295 e. The van der Waals surface area contributed by atoms with Crippen LogP contribution in [-0.4, -0.2) is 25.9 Å². The molecule has 0 aromatic heterocycles. The van der Waals surface area contributed by atoms with Crippen molar-refractivity contribution < 1.29 is 25.9 Å². The number of rotatable bonds is 2. The van der Waals surface area contributed by atoms with Crippen molar-refractivity contribution in [3.05, 3.63) is 24.3 Å². The van der Waals surface area contributed by atoms with Gasteiger partial charge in [-0.25, -0.2) is 0 Å². The number of hydrogen-bond donors (Lipinski definition) is 2. The molecular formula is C6H5O6S2. The van der Waals surface area contributed by atoms with E-state index in [-0.39, 0.29) is 0 Å². The minimum absolute atomic E-state index is 0.715. The van der Waals surface area contributed by atoms with Crippen molar-refractivity contribution >= 4 is 20.2 Å². The van der Waals surface area contributed by atoms with Crippen molar-refractivity contribution in [2.45, 2.75) is 9.79 Å². The molecule has 0 saturated carbocycles. The molecule has 0 aliphatic heterocycles. The molecule has 0 aliphatic carbocycles. The molecular weight excluding hydrogens is 232 g/mol. The van der Waals surface area contributed by atoms with Crippen molar-refractivity contribution in [1.29, 1.82) is 0 Å². The van der Waals surface area contributed by atoms with Crippen LogP contribution < -0.4 is 0 Å². The molecule has 0 aliphatic rings. The molecule has 1 radical (unpaired) electrons. The van der Waals surface area contributed by atoms with E-state index in [1.54, 1.807) is 0 Å². The molecule has 1 aromatic rings. The smallest absolute Gasteiger partial charge is 0.282 e. The van der Waals surface area contributed by atoms with Crippen LogP contribution in [-0.2, 0) is 20.2 Å². The monoisotopic (exact) mass is 237 g/mol. The Morgan fingerprint density at radius 3 is 1.57 bits per heavy atom. The van der Waals surface area contributed by atoms with Crippen LogP contribution in [0.3, 0.4) is 0 Å². The van der Waals surface area contributed by atoms with Crippen molar-refractivity contribution in [2.24, 2.45) is 0 Å². The lowest BCUT2D eigenvalue weighted by molar-refractivity contribution is 0.480. The van der Waals surface area contributed by atoms with E-state index in [4.69, 9.17) is 9.11 Å². The predicted octanol–water partition coefficient (Wildman–Crippen LogP) is -0.0198. The highest BCUT2D eigenvalue weighted by Gasteiger charge is 2.15. The molecule has 0 unspecified atom stereocenters. The van der Waals surface area contributed by atoms with Crippen LogP contribution in [0.1, 0.15) is 0 Å². The summed E-state index contributed by atoms with van der Waals surface area (Å²) in [6, 6.07) is 4.80. The van der Waals surface area contributed by atoms with Gasteiger partial charge in [-0.1, -0.05) is 6.07 Å². The maximum atomic E-state index is 10.6. The minimum atomic E-state index is -4.52. The summed E-state index contributed by atoms with van der Waals surface area (Å²) in [6.45, 7) is 0. The molecule has 1 rings (SSSR count). The highest BCUT2D eigenvalue weighted by Crippen LogP contribution is 2.13. The first kappa shape index (κ1) is 11.1. The average Bonchev–Trinajstić information content (AvgIpc) is 2.01. The first-order chi connectivity index (χ1) is 6.21. The van der Waals surface area contributed by atoms with Gasteiger partial charge in [0, 0.05) is 6.07 Å². The zero-order chi connectivity index (χ0) is 11.0. The second-order valence-corrected chi connectivity index (χ2v) is 5.11. The van der Waals surface area contributed by atoms with Gasteiger partial charge in [0.05, 0.1) is 0 Å². The van der Waals surface area contributed by atoms with Crippen molar-refractivity contribution in [2.75, 3.05) is 0 Å². The molecule has 0 spiro atoms. The van der Waals surface area contributed by atoms with Gasteiger partial charge in [-0.15, -0.1) is 0 Å². The van der Waals surface area contributed by atoms with E-state index in [1.165, 1.54) is 0 Å². The molecule has 0 heterocycles. The second kappa shape index (κ2) is 3.31. The maximum absolute atomic E-state index is 10.6. The normalized spacial score (nSPS) is 12.7. The summed E-state index contributed by atoms with van der Waals surface area (Å²) >= 11 is 0. The Bertz CT molecular complexity index is 494. The van der Waals surface area contributed by atoms with Gasteiger partial charge in [-0.2, -0.15) is 16.8 Å². The van der Waals surface area contributed by atoms with E-state index >= 15 is 0 Å². The first-order valence-corrected chi connectivity index (χ1v) is 6.06. The largest absolute Gasteiger partial charge is 0.295 e. The fraction of sp³-hybridized carbons (Fsp3) is 0. The zero-order valence-electron chi connectivity index (χ0n) is 6.58. The van der Waals surface area contributed by atoms with Gasteiger partial charge >= 0.3 is 0 Å². The molecule has 6 nitrogen and oxygen atoms in total. The van der Waals surface area contributed by atoms with E-state index in [0.29, 0.717) is 0 Å². The van der Waals surface area contributed by atoms with E-state index < -0.39 is 30.0 Å². The predicted molar refractivity (Wildman–Crippen MR) is 44.9 cm³/mol. The highest BCUT2D eigenvalue weighted by molar-refractivity contribution is 7.86. The van der Waals surface area contributed by atoms with E-state index in [1.807, 2.05) is 6.07 Å². The molecule has 77 valence electrons. The van der Waals surface area contributed by atoms with Crippen LogP contribution >= 0.6 is 0 Å². The summed E-state index contributed by atoms with van der Waals surface area (Å²) in [6.07, 6.45) is 0. The molecule has 14 heavy (non-hydrogen) atoms. The Hall–Kier alpha value is -0.960. The lowest BCUT2D eigenvalue weighted by Crippen LogP contribution is -2.03. The molecule has 8 heteroatoms. The van der Waals surface area contributed by atoms with Crippen LogP contribution in [0.5, 0.6) is 0 Å². The third-order valence-corrected chi connectivity index (χ3v) is 2.89. The fourth-order valence-electron chi connectivity index (χ4n) is 0.729.